The summed E-state index contributed by atoms with van der Waals surface area (Å²) in [7, 11) is 3.94. The van der Waals surface area contributed by atoms with E-state index in [0.717, 1.165) is 29.2 Å². The highest BCUT2D eigenvalue weighted by atomic mass is 19.1. The number of benzene rings is 1. The first-order valence-electron chi connectivity index (χ1n) is 9.47. The van der Waals surface area contributed by atoms with Crippen LogP contribution in [0.25, 0.3) is 0 Å². The molecule has 0 amide bonds. The minimum Gasteiger partial charge on any atom is -0.390 e. The van der Waals surface area contributed by atoms with Crippen molar-refractivity contribution in [3.05, 3.63) is 58.7 Å². The van der Waals surface area contributed by atoms with E-state index in [0.29, 0.717) is 12.0 Å². The first kappa shape index (κ1) is 19.6. The molecule has 0 saturated heterocycles. The van der Waals surface area contributed by atoms with Gasteiger partial charge in [0.25, 0.3) is 0 Å². The molecule has 1 aliphatic heterocycles. The lowest BCUT2D eigenvalue weighted by atomic mass is 9.90. The van der Waals surface area contributed by atoms with Crippen LogP contribution in [0.5, 0.6) is 0 Å². The molecule has 0 radical (unpaired) electrons. The molecule has 3 rings (SSSR count). The minimum atomic E-state index is -0.755. The third-order valence-electron chi connectivity index (χ3n) is 5.35. The van der Waals surface area contributed by atoms with E-state index < -0.39 is 6.10 Å². The first-order valence-corrected chi connectivity index (χ1v) is 9.47. The highest BCUT2D eigenvalue weighted by Crippen LogP contribution is 2.40. The zero-order chi connectivity index (χ0) is 19.6. The van der Waals surface area contributed by atoms with Gasteiger partial charge >= 0.3 is 0 Å². The standard InChI is InChI=1S/C21H29FN4O/c1-14(27)20-9-18(22)6-7-19(20)21-17(13-25(2)26(21)3)8-16(10-23)12-24-11-15-4-5-15/h6-7,9-10,12-15,21,23-24,27H,4-5,8,11H2,1-3H3/b16-12-,23-10?/t14-,21?/m1/s1. The van der Waals surface area contributed by atoms with Gasteiger partial charge in [0.2, 0.25) is 0 Å². The van der Waals surface area contributed by atoms with E-state index in [1.807, 2.05) is 25.3 Å². The third-order valence-corrected chi connectivity index (χ3v) is 5.35. The fourth-order valence-electron chi connectivity index (χ4n) is 3.58. The molecule has 1 heterocycles. The van der Waals surface area contributed by atoms with Crippen LogP contribution < -0.4 is 5.32 Å². The summed E-state index contributed by atoms with van der Waals surface area (Å²) in [5.74, 6) is 0.426. The van der Waals surface area contributed by atoms with E-state index in [1.54, 1.807) is 13.0 Å². The highest BCUT2D eigenvalue weighted by Gasteiger charge is 2.32. The summed E-state index contributed by atoms with van der Waals surface area (Å²) in [6, 6.07) is 4.50. The Labute approximate surface area is 160 Å². The predicted molar refractivity (Wildman–Crippen MR) is 106 cm³/mol. The van der Waals surface area contributed by atoms with Crippen molar-refractivity contribution in [2.75, 3.05) is 20.6 Å². The van der Waals surface area contributed by atoms with Crippen molar-refractivity contribution >= 4 is 6.21 Å². The summed E-state index contributed by atoms with van der Waals surface area (Å²) in [5, 5.41) is 25.3. The van der Waals surface area contributed by atoms with Gasteiger partial charge in [-0.3, -0.25) is 0 Å². The number of allylic oxidation sites excluding steroid dienone is 1. The molecule has 27 heavy (non-hydrogen) atoms. The van der Waals surface area contributed by atoms with E-state index in [-0.39, 0.29) is 11.9 Å². The topological polar surface area (TPSA) is 62.6 Å². The van der Waals surface area contributed by atoms with Crippen molar-refractivity contribution in [1.29, 1.82) is 5.41 Å². The van der Waals surface area contributed by atoms with Crippen molar-refractivity contribution in [2.45, 2.75) is 38.3 Å². The highest BCUT2D eigenvalue weighted by molar-refractivity contribution is 5.76. The Morgan fingerprint density at radius 3 is 2.78 bits per heavy atom. The number of aliphatic hydroxyl groups is 1. The largest absolute Gasteiger partial charge is 0.390 e. The molecule has 1 aliphatic carbocycles. The molecule has 0 aromatic heterocycles. The summed E-state index contributed by atoms with van der Waals surface area (Å²) >= 11 is 0. The lowest BCUT2D eigenvalue weighted by molar-refractivity contribution is 0.0697. The molecule has 2 atom stereocenters. The number of hydrogen-bond donors (Lipinski definition) is 3. The Kier molecular flexibility index (Phi) is 5.97. The number of nitrogens with zero attached hydrogens (tertiary/aromatic N) is 2. The molecule has 0 spiro atoms. The zero-order valence-corrected chi connectivity index (χ0v) is 16.2. The van der Waals surface area contributed by atoms with Gasteiger partial charge in [0.15, 0.2) is 0 Å². The lowest BCUT2D eigenvalue weighted by Gasteiger charge is -2.30. The van der Waals surface area contributed by atoms with Crippen molar-refractivity contribution in [3.8, 4) is 0 Å². The fourth-order valence-corrected chi connectivity index (χ4v) is 3.58. The van der Waals surface area contributed by atoms with Gasteiger partial charge in [0.05, 0.1) is 12.1 Å². The van der Waals surface area contributed by atoms with Crippen LogP contribution in [-0.4, -0.2) is 42.0 Å². The zero-order valence-electron chi connectivity index (χ0n) is 16.2. The van der Waals surface area contributed by atoms with Crippen LogP contribution in [0.3, 0.4) is 0 Å². The van der Waals surface area contributed by atoms with Crippen LogP contribution in [0, 0.1) is 17.1 Å². The molecular formula is C21H29FN4O. The lowest BCUT2D eigenvalue weighted by Crippen LogP contribution is -2.31. The summed E-state index contributed by atoms with van der Waals surface area (Å²) in [6.45, 7) is 2.62. The van der Waals surface area contributed by atoms with Crippen molar-refractivity contribution in [2.24, 2.45) is 5.92 Å². The number of hydrogen-bond acceptors (Lipinski definition) is 5. The van der Waals surface area contributed by atoms with Gasteiger partial charge in [0.1, 0.15) is 5.82 Å². The number of likely N-dealkylation sites (N-methyl/N-ethyl adjacent to an activating group) is 1. The van der Waals surface area contributed by atoms with E-state index >= 15 is 0 Å². The number of aliphatic hydroxyl groups excluding tert-OH is 1. The maximum Gasteiger partial charge on any atom is 0.123 e. The second-order valence-corrected chi connectivity index (χ2v) is 7.60. The molecule has 1 saturated carbocycles. The van der Waals surface area contributed by atoms with E-state index in [1.165, 1.54) is 31.2 Å². The average molecular weight is 372 g/mol. The van der Waals surface area contributed by atoms with Gasteiger partial charge in [-0.05, 0) is 66.5 Å². The van der Waals surface area contributed by atoms with E-state index in [4.69, 9.17) is 5.41 Å². The van der Waals surface area contributed by atoms with Gasteiger partial charge in [-0.25, -0.2) is 9.40 Å². The predicted octanol–water partition coefficient (Wildman–Crippen LogP) is 3.52. The number of halogens is 1. The molecule has 1 aromatic rings. The monoisotopic (exact) mass is 372 g/mol. The molecule has 146 valence electrons. The Balaban J connectivity index is 1.85. The van der Waals surface area contributed by atoms with E-state index in [9.17, 15) is 9.50 Å². The Bertz CT molecular complexity index is 755. The molecule has 5 nitrogen and oxygen atoms in total. The number of nitrogens with one attached hydrogen (secondary N) is 2. The Morgan fingerprint density at radius 1 is 1.41 bits per heavy atom. The van der Waals surface area contributed by atoms with E-state index in [2.05, 4.69) is 16.5 Å². The molecule has 1 unspecified atom stereocenters. The second kappa shape index (κ2) is 8.23. The molecule has 6 heteroatoms. The quantitative estimate of drug-likeness (QED) is 0.611. The fraction of sp³-hybridized carbons (Fsp3) is 0.476. The van der Waals surface area contributed by atoms with Gasteiger partial charge in [-0.1, -0.05) is 6.07 Å². The molecular weight excluding hydrogens is 343 g/mol. The van der Waals surface area contributed by atoms with Crippen molar-refractivity contribution < 1.29 is 9.50 Å². The Morgan fingerprint density at radius 2 is 2.15 bits per heavy atom. The van der Waals surface area contributed by atoms with Crippen LogP contribution in [0.4, 0.5) is 4.39 Å². The number of hydrazine groups is 1. The first-order chi connectivity index (χ1) is 12.9. The summed E-state index contributed by atoms with van der Waals surface area (Å²) in [5.41, 5.74) is 3.49. The summed E-state index contributed by atoms with van der Waals surface area (Å²) in [6.07, 6.45) is 7.81. The van der Waals surface area contributed by atoms with Crippen molar-refractivity contribution in [3.63, 3.8) is 0 Å². The van der Waals surface area contributed by atoms with Crippen LogP contribution in [0.2, 0.25) is 0 Å². The van der Waals surface area contributed by atoms with Gasteiger partial charge in [-0.2, -0.15) is 0 Å². The maximum absolute atomic E-state index is 13.7. The average Bonchev–Trinajstić information content (AvgIpc) is 3.41. The molecule has 0 bridgehead atoms. The van der Waals surface area contributed by atoms with Gasteiger partial charge in [-0.15, -0.1) is 0 Å². The molecule has 1 fully saturated rings. The Hall–Kier alpha value is -2.18. The summed E-state index contributed by atoms with van der Waals surface area (Å²) < 4.78 is 13.7. The smallest absolute Gasteiger partial charge is 0.123 e. The normalized spacial score (nSPS) is 22.0. The second-order valence-electron chi connectivity index (χ2n) is 7.60. The minimum absolute atomic E-state index is 0.105. The molecule has 2 aliphatic rings. The third kappa shape index (κ3) is 4.57. The van der Waals surface area contributed by atoms with Crippen LogP contribution in [-0.2, 0) is 0 Å². The van der Waals surface area contributed by atoms with Crippen molar-refractivity contribution in [1.82, 2.24) is 15.3 Å². The van der Waals surface area contributed by atoms with Gasteiger partial charge in [0, 0.05) is 39.3 Å². The maximum atomic E-state index is 13.7. The molecule has 3 N–H and O–H groups in total. The van der Waals surface area contributed by atoms with Crippen LogP contribution in [0.1, 0.15) is 49.5 Å². The number of rotatable bonds is 8. The summed E-state index contributed by atoms with van der Waals surface area (Å²) in [4.78, 5) is 0. The van der Waals surface area contributed by atoms with Gasteiger partial charge < -0.3 is 20.8 Å². The van der Waals surface area contributed by atoms with Crippen LogP contribution >= 0.6 is 0 Å². The SMILES string of the molecule is C[C@@H](O)c1cc(F)ccc1C1C(C/C(C=N)=C/NCC2CC2)=CN(C)N1C. The van der Waals surface area contributed by atoms with Crippen LogP contribution in [0.15, 0.2) is 41.7 Å². The molecule has 1 aromatic carbocycles.